The first-order chi connectivity index (χ1) is 10.5. The highest BCUT2D eigenvalue weighted by atomic mass is 16.4. The molecule has 1 saturated heterocycles. The van der Waals surface area contributed by atoms with E-state index in [1.807, 2.05) is 6.07 Å². The summed E-state index contributed by atoms with van der Waals surface area (Å²) in [7, 11) is 2.07. The summed E-state index contributed by atoms with van der Waals surface area (Å²) in [4.78, 5) is 20.1. The summed E-state index contributed by atoms with van der Waals surface area (Å²) >= 11 is 0. The van der Waals surface area contributed by atoms with E-state index in [0.717, 1.165) is 37.3 Å². The number of benzene rings is 1. The molecule has 6 nitrogen and oxygen atoms in total. The zero-order valence-electron chi connectivity index (χ0n) is 12.7. The Kier molecular flexibility index (Phi) is 3.62. The number of carboxylic acid groups (broad SMARTS) is 1. The van der Waals surface area contributed by atoms with Crippen molar-refractivity contribution in [2.75, 3.05) is 38.1 Å². The molecular weight excluding hydrogens is 282 g/mol. The summed E-state index contributed by atoms with van der Waals surface area (Å²) in [6.45, 7) is 5.28. The SMILES string of the molecule is Cc1c(C(=O)O)nc2c(O)cccc2c1N1CCN(C)CC1. The standard InChI is InChI=1S/C16H19N3O3/c1-10-13(16(21)22)17-14-11(4-3-5-12(14)20)15(10)19-8-6-18(2)7-9-19/h3-5,20H,6-9H2,1-2H3,(H,21,22). The summed E-state index contributed by atoms with van der Waals surface area (Å²) in [6, 6.07) is 5.18. The van der Waals surface area contributed by atoms with Crippen LogP contribution in [-0.4, -0.2) is 59.3 Å². The quantitative estimate of drug-likeness (QED) is 0.879. The van der Waals surface area contributed by atoms with Crippen LogP contribution in [0.15, 0.2) is 18.2 Å². The number of aromatic hydroxyl groups is 1. The molecule has 0 aliphatic carbocycles. The molecule has 0 atom stereocenters. The van der Waals surface area contributed by atoms with Gasteiger partial charge in [0.2, 0.25) is 0 Å². The highest BCUT2D eigenvalue weighted by Crippen LogP contribution is 2.35. The van der Waals surface area contributed by atoms with Crippen LogP contribution >= 0.6 is 0 Å². The summed E-state index contributed by atoms with van der Waals surface area (Å²) in [5.41, 5.74) is 1.86. The fraction of sp³-hybridized carbons (Fsp3) is 0.375. The van der Waals surface area contributed by atoms with E-state index >= 15 is 0 Å². The van der Waals surface area contributed by atoms with Gasteiger partial charge < -0.3 is 20.0 Å². The van der Waals surface area contributed by atoms with Crippen LogP contribution in [-0.2, 0) is 0 Å². The Morgan fingerprint density at radius 1 is 1.23 bits per heavy atom. The van der Waals surface area contributed by atoms with Crippen molar-refractivity contribution in [2.45, 2.75) is 6.92 Å². The van der Waals surface area contributed by atoms with Crippen LogP contribution in [0, 0.1) is 6.92 Å². The number of fused-ring (bicyclic) bond motifs is 1. The molecule has 116 valence electrons. The van der Waals surface area contributed by atoms with E-state index in [4.69, 9.17) is 0 Å². The number of hydrogen-bond donors (Lipinski definition) is 2. The number of phenolic OH excluding ortho intramolecular Hbond substituents is 1. The van der Waals surface area contributed by atoms with E-state index in [1.165, 1.54) is 6.07 Å². The van der Waals surface area contributed by atoms with Gasteiger partial charge in [0.05, 0.1) is 5.69 Å². The molecule has 1 aliphatic heterocycles. The molecule has 0 bridgehead atoms. The first kappa shape index (κ1) is 14.6. The van der Waals surface area contributed by atoms with Gasteiger partial charge in [-0.15, -0.1) is 0 Å². The fourth-order valence-corrected chi connectivity index (χ4v) is 3.00. The normalized spacial score (nSPS) is 16.2. The molecule has 2 aromatic rings. The molecule has 0 spiro atoms. The number of carbonyl (C=O) groups is 1. The lowest BCUT2D eigenvalue weighted by molar-refractivity contribution is 0.0690. The molecule has 2 N–H and O–H groups in total. The number of aromatic nitrogens is 1. The third-order valence-electron chi connectivity index (χ3n) is 4.23. The highest BCUT2D eigenvalue weighted by molar-refractivity contribution is 6.02. The van der Waals surface area contributed by atoms with Gasteiger partial charge in [0, 0.05) is 37.1 Å². The Hall–Kier alpha value is -2.34. The first-order valence-corrected chi connectivity index (χ1v) is 7.28. The molecule has 0 saturated carbocycles. The van der Waals surface area contributed by atoms with Gasteiger partial charge in [-0.05, 0) is 20.0 Å². The van der Waals surface area contributed by atoms with Crippen molar-refractivity contribution in [1.29, 1.82) is 0 Å². The van der Waals surface area contributed by atoms with Crippen LogP contribution in [0.4, 0.5) is 5.69 Å². The summed E-state index contributed by atoms with van der Waals surface area (Å²) < 4.78 is 0. The minimum Gasteiger partial charge on any atom is -0.506 e. The van der Waals surface area contributed by atoms with E-state index < -0.39 is 5.97 Å². The van der Waals surface area contributed by atoms with Crippen LogP contribution in [0.2, 0.25) is 0 Å². The zero-order valence-corrected chi connectivity index (χ0v) is 12.7. The van der Waals surface area contributed by atoms with Crippen LogP contribution in [0.25, 0.3) is 10.9 Å². The Labute approximate surface area is 128 Å². The molecule has 6 heteroatoms. The maximum absolute atomic E-state index is 11.5. The van der Waals surface area contributed by atoms with Crippen molar-refractivity contribution < 1.29 is 15.0 Å². The molecule has 0 unspecified atom stereocenters. The number of nitrogens with zero attached hydrogens (tertiary/aromatic N) is 3. The monoisotopic (exact) mass is 301 g/mol. The molecule has 1 aromatic carbocycles. The van der Waals surface area contributed by atoms with Crippen LogP contribution in [0.1, 0.15) is 16.1 Å². The molecule has 1 aliphatic rings. The van der Waals surface area contributed by atoms with Crippen LogP contribution in [0.5, 0.6) is 5.75 Å². The Morgan fingerprint density at radius 3 is 2.55 bits per heavy atom. The van der Waals surface area contributed by atoms with Crippen LogP contribution < -0.4 is 4.90 Å². The molecule has 2 heterocycles. The number of likely N-dealkylation sites (N-methyl/N-ethyl adjacent to an activating group) is 1. The van der Waals surface area contributed by atoms with Crippen molar-refractivity contribution in [2.24, 2.45) is 0 Å². The number of piperazine rings is 1. The smallest absolute Gasteiger partial charge is 0.354 e. The number of carboxylic acids is 1. The van der Waals surface area contributed by atoms with Crippen molar-refractivity contribution >= 4 is 22.6 Å². The van der Waals surface area contributed by atoms with Gasteiger partial charge in [0.15, 0.2) is 5.69 Å². The number of pyridine rings is 1. The number of aromatic carboxylic acids is 1. The van der Waals surface area contributed by atoms with Crippen molar-refractivity contribution in [3.63, 3.8) is 0 Å². The van der Waals surface area contributed by atoms with E-state index in [2.05, 4.69) is 21.8 Å². The molecular formula is C16H19N3O3. The molecule has 3 rings (SSSR count). The van der Waals surface area contributed by atoms with Crippen molar-refractivity contribution in [3.05, 3.63) is 29.5 Å². The third kappa shape index (κ3) is 2.35. The van der Waals surface area contributed by atoms with Gasteiger partial charge in [-0.3, -0.25) is 0 Å². The van der Waals surface area contributed by atoms with E-state index in [1.54, 1.807) is 13.0 Å². The number of phenols is 1. The average molecular weight is 301 g/mol. The lowest BCUT2D eigenvalue weighted by Crippen LogP contribution is -2.45. The largest absolute Gasteiger partial charge is 0.506 e. The second-order valence-corrected chi connectivity index (χ2v) is 5.70. The van der Waals surface area contributed by atoms with Crippen LogP contribution in [0.3, 0.4) is 0 Å². The molecule has 0 amide bonds. The highest BCUT2D eigenvalue weighted by Gasteiger charge is 2.23. The molecule has 0 radical (unpaired) electrons. The lowest BCUT2D eigenvalue weighted by Gasteiger charge is -2.35. The lowest BCUT2D eigenvalue weighted by atomic mass is 10.0. The first-order valence-electron chi connectivity index (χ1n) is 7.28. The molecule has 1 aromatic heterocycles. The second kappa shape index (κ2) is 5.46. The zero-order chi connectivity index (χ0) is 15.9. The second-order valence-electron chi connectivity index (χ2n) is 5.70. The van der Waals surface area contributed by atoms with E-state index in [0.29, 0.717) is 11.1 Å². The Bertz CT molecular complexity index is 737. The minimum atomic E-state index is -1.07. The molecule has 22 heavy (non-hydrogen) atoms. The number of hydrogen-bond acceptors (Lipinski definition) is 5. The van der Waals surface area contributed by atoms with Gasteiger partial charge in [0.1, 0.15) is 11.3 Å². The Balaban J connectivity index is 2.24. The minimum absolute atomic E-state index is 0.00271. The topological polar surface area (TPSA) is 76.9 Å². The van der Waals surface area contributed by atoms with Gasteiger partial charge in [-0.25, -0.2) is 9.78 Å². The van der Waals surface area contributed by atoms with Gasteiger partial charge in [-0.2, -0.15) is 0 Å². The third-order valence-corrected chi connectivity index (χ3v) is 4.23. The summed E-state index contributed by atoms with van der Waals surface area (Å²) in [6.07, 6.45) is 0. The van der Waals surface area contributed by atoms with Gasteiger partial charge in [0.25, 0.3) is 0 Å². The predicted octanol–water partition coefficient (Wildman–Crippen LogP) is 1.70. The molecule has 1 fully saturated rings. The fourth-order valence-electron chi connectivity index (χ4n) is 3.00. The van der Waals surface area contributed by atoms with Crippen molar-refractivity contribution in [1.82, 2.24) is 9.88 Å². The van der Waals surface area contributed by atoms with Crippen molar-refractivity contribution in [3.8, 4) is 5.75 Å². The number of rotatable bonds is 2. The van der Waals surface area contributed by atoms with Gasteiger partial charge >= 0.3 is 5.97 Å². The number of para-hydroxylation sites is 1. The van der Waals surface area contributed by atoms with E-state index in [9.17, 15) is 15.0 Å². The van der Waals surface area contributed by atoms with E-state index in [-0.39, 0.29) is 11.4 Å². The maximum Gasteiger partial charge on any atom is 0.354 e. The summed E-state index contributed by atoms with van der Waals surface area (Å²) in [5, 5.41) is 20.3. The number of anilines is 1. The maximum atomic E-state index is 11.5. The van der Waals surface area contributed by atoms with Gasteiger partial charge in [-0.1, -0.05) is 12.1 Å². The average Bonchev–Trinajstić information content (AvgIpc) is 2.48. The Morgan fingerprint density at radius 2 is 1.91 bits per heavy atom. The predicted molar refractivity (Wildman–Crippen MR) is 84.8 cm³/mol. The summed E-state index contributed by atoms with van der Waals surface area (Å²) in [5.74, 6) is -1.06.